The number of benzene rings is 2. The Kier molecular flexibility index (Phi) is 6.74. The molecule has 1 heterocycles. The monoisotopic (exact) mass is 453 g/mol. The van der Waals surface area contributed by atoms with E-state index < -0.39 is 15.4 Å². The Hall–Kier alpha value is -2.10. The van der Waals surface area contributed by atoms with Crippen LogP contribution in [0.5, 0.6) is 23.0 Å². The molecule has 0 N–H and O–H groups in total. The molecule has 2 aromatic carbocycles. The molecule has 0 saturated carbocycles. The van der Waals surface area contributed by atoms with Gasteiger partial charge in [-0.05, 0) is 43.2 Å². The van der Waals surface area contributed by atoms with Gasteiger partial charge in [-0.25, -0.2) is 8.42 Å². The summed E-state index contributed by atoms with van der Waals surface area (Å²) in [6, 6.07) is 6.82. The second-order valence-corrected chi connectivity index (χ2v) is 9.85. The van der Waals surface area contributed by atoms with Crippen molar-refractivity contribution in [3.05, 3.63) is 41.0 Å². The van der Waals surface area contributed by atoms with E-state index in [1.165, 1.54) is 4.31 Å². The van der Waals surface area contributed by atoms with Crippen LogP contribution in [0.2, 0.25) is 0 Å². The predicted molar refractivity (Wildman–Crippen MR) is 118 cm³/mol. The lowest BCUT2D eigenvalue weighted by atomic mass is 10.1. The highest BCUT2D eigenvalue weighted by molar-refractivity contribution is 8.01. The van der Waals surface area contributed by atoms with Crippen LogP contribution in [0.3, 0.4) is 0 Å². The summed E-state index contributed by atoms with van der Waals surface area (Å²) in [6.07, 6.45) is 0. The molecule has 0 bridgehead atoms. The Morgan fingerprint density at radius 1 is 0.867 bits per heavy atom. The van der Waals surface area contributed by atoms with Crippen molar-refractivity contribution in [3.8, 4) is 23.0 Å². The summed E-state index contributed by atoms with van der Waals surface area (Å²) in [5.74, 6) is 2.94. The normalized spacial score (nSPS) is 17.1. The van der Waals surface area contributed by atoms with Crippen molar-refractivity contribution in [1.82, 2.24) is 4.31 Å². The second kappa shape index (κ2) is 8.95. The van der Waals surface area contributed by atoms with Gasteiger partial charge >= 0.3 is 0 Å². The van der Waals surface area contributed by atoms with Crippen molar-refractivity contribution in [2.45, 2.75) is 24.1 Å². The first kappa shape index (κ1) is 22.6. The lowest BCUT2D eigenvalue weighted by Crippen LogP contribution is -2.31. The summed E-state index contributed by atoms with van der Waals surface area (Å²) in [4.78, 5) is 0.285. The van der Waals surface area contributed by atoms with E-state index in [4.69, 9.17) is 18.9 Å². The summed E-state index contributed by atoms with van der Waals surface area (Å²) >= 11 is 1.55. The van der Waals surface area contributed by atoms with Crippen molar-refractivity contribution >= 4 is 21.8 Å². The Labute approximate surface area is 182 Å². The van der Waals surface area contributed by atoms with Crippen LogP contribution in [0.4, 0.5) is 0 Å². The van der Waals surface area contributed by atoms with Crippen LogP contribution in [0, 0.1) is 13.8 Å². The zero-order valence-electron chi connectivity index (χ0n) is 18.0. The van der Waals surface area contributed by atoms with Gasteiger partial charge in [0.25, 0.3) is 0 Å². The Morgan fingerprint density at radius 2 is 1.47 bits per heavy atom. The van der Waals surface area contributed by atoms with Crippen LogP contribution in [-0.2, 0) is 10.0 Å². The molecular weight excluding hydrogens is 426 g/mol. The molecule has 3 rings (SSSR count). The maximum absolute atomic E-state index is 13.6. The van der Waals surface area contributed by atoms with Crippen molar-refractivity contribution in [3.63, 3.8) is 0 Å². The molecule has 1 unspecified atom stereocenters. The number of methoxy groups -OCH3 is 4. The molecule has 164 valence electrons. The van der Waals surface area contributed by atoms with E-state index in [9.17, 15) is 8.42 Å². The third-order valence-corrected chi connectivity index (χ3v) is 8.73. The molecule has 0 aliphatic carbocycles. The molecule has 0 radical (unpaired) electrons. The zero-order chi connectivity index (χ0) is 22.1. The minimum Gasteiger partial charge on any atom is -0.496 e. The third kappa shape index (κ3) is 3.81. The van der Waals surface area contributed by atoms with Crippen LogP contribution in [0.1, 0.15) is 22.1 Å². The number of hydrogen-bond donors (Lipinski definition) is 0. The molecule has 1 aliphatic rings. The summed E-state index contributed by atoms with van der Waals surface area (Å²) < 4.78 is 50.5. The minimum atomic E-state index is -3.75. The fourth-order valence-electron chi connectivity index (χ4n) is 3.59. The highest BCUT2D eigenvalue weighted by Gasteiger charge is 2.39. The standard InChI is InChI=1S/C21H27NO6S2/c1-13-14(2)20(8-7-16(13)25-3)30(23,24)22-9-10-29-21(22)15-11-18(27-5)19(28-6)12-17(15)26-4/h7-8,11-12,21H,9-10H2,1-6H3. The first-order valence-electron chi connectivity index (χ1n) is 9.37. The van der Waals surface area contributed by atoms with E-state index in [0.717, 1.165) is 11.1 Å². The SMILES string of the molecule is COc1cc(OC)c(C2SCCN2S(=O)(=O)c2ccc(OC)c(C)c2C)cc1OC. The van der Waals surface area contributed by atoms with E-state index in [2.05, 4.69) is 0 Å². The van der Waals surface area contributed by atoms with Crippen molar-refractivity contribution in [2.75, 3.05) is 40.7 Å². The lowest BCUT2D eigenvalue weighted by Gasteiger charge is -2.26. The Balaban J connectivity index is 2.09. The number of ether oxygens (including phenoxy) is 4. The molecule has 0 aromatic heterocycles. The summed E-state index contributed by atoms with van der Waals surface area (Å²) in [7, 11) is 2.48. The van der Waals surface area contributed by atoms with Crippen molar-refractivity contribution in [1.29, 1.82) is 0 Å². The largest absolute Gasteiger partial charge is 0.496 e. The summed E-state index contributed by atoms with van der Waals surface area (Å²) in [5.41, 5.74) is 2.22. The van der Waals surface area contributed by atoms with Gasteiger partial charge in [-0.2, -0.15) is 4.31 Å². The highest BCUT2D eigenvalue weighted by Crippen LogP contribution is 2.48. The predicted octanol–water partition coefficient (Wildman–Crippen LogP) is 3.77. The maximum atomic E-state index is 13.6. The number of sulfonamides is 1. The molecule has 2 aromatic rings. The van der Waals surface area contributed by atoms with Gasteiger partial charge < -0.3 is 18.9 Å². The number of nitrogens with zero attached hydrogens (tertiary/aromatic N) is 1. The van der Waals surface area contributed by atoms with Crippen LogP contribution in [-0.4, -0.2) is 53.5 Å². The third-order valence-electron chi connectivity index (χ3n) is 5.35. The number of thioether (sulfide) groups is 1. The minimum absolute atomic E-state index is 0.285. The van der Waals surface area contributed by atoms with Gasteiger partial charge in [-0.3, -0.25) is 0 Å². The topological polar surface area (TPSA) is 74.3 Å². The highest BCUT2D eigenvalue weighted by atomic mass is 32.2. The van der Waals surface area contributed by atoms with Crippen LogP contribution in [0.25, 0.3) is 0 Å². The summed E-state index contributed by atoms with van der Waals surface area (Å²) in [5, 5.41) is -0.438. The number of rotatable bonds is 7. The first-order valence-corrected chi connectivity index (χ1v) is 11.9. The van der Waals surface area contributed by atoms with E-state index in [1.807, 2.05) is 6.92 Å². The maximum Gasteiger partial charge on any atom is 0.244 e. The van der Waals surface area contributed by atoms with Crippen LogP contribution >= 0.6 is 11.8 Å². The molecule has 0 spiro atoms. The van der Waals surface area contributed by atoms with Crippen LogP contribution in [0.15, 0.2) is 29.2 Å². The van der Waals surface area contributed by atoms with Gasteiger partial charge in [-0.15, -0.1) is 11.8 Å². The van der Waals surface area contributed by atoms with E-state index in [0.29, 0.717) is 40.9 Å². The van der Waals surface area contributed by atoms with Gasteiger partial charge in [0.15, 0.2) is 11.5 Å². The van der Waals surface area contributed by atoms with Crippen LogP contribution < -0.4 is 18.9 Å². The van der Waals surface area contributed by atoms with E-state index in [1.54, 1.807) is 71.4 Å². The van der Waals surface area contributed by atoms with Crippen molar-refractivity contribution < 1.29 is 27.4 Å². The molecule has 1 aliphatic heterocycles. The molecule has 7 nitrogen and oxygen atoms in total. The Bertz CT molecular complexity index is 1040. The van der Waals surface area contributed by atoms with Gasteiger partial charge in [0.2, 0.25) is 10.0 Å². The lowest BCUT2D eigenvalue weighted by molar-refractivity contribution is 0.344. The van der Waals surface area contributed by atoms with Gasteiger partial charge in [-0.1, -0.05) is 0 Å². The van der Waals surface area contributed by atoms with Gasteiger partial charge in [0, 0.05) is 23.9 Å². The Morgan fingerprint density at radius 3 is 2.07 bits per heavy atom. The quantitative estimate of drug-likeness (QED) is 0.632. The average Bonchev–Trinajstić information content (AvgIpc) is 3.25. The molecule has 30 heavy (non-hydrogen) atoms. The average molecular weight is 454 g/mol. The molecule has 1 saturated heterocycles. The van der Waals surface area contributed by atoms with E-state index in [-0.39, 0.29) is 4.90 Å². The fourth-order valence-corrected chi connectivity index (χ4v) is 7.12. The molecule has 1 atom stereocenters. The molecule has 1 fully saturated rings. The second-order valence-electron chi connectivity index (χ2n) is 6.80. The van der Waals surface area contributed by atoms with Crippen molar-refractivity contribution in [2.24, 2.45) is 0 Å². The van der Waals surface area contributed by atoms with E-state index >= 15 is 0 Å². The number of hydrogen-bond acceptors (Lipinski definition) is 7. The van der Waals surface area contributed by atoms with Gasteiger partial charge in [0.05, 0.1) is 38.7 Å². The molecule has 9 heteroatoms. The smallest absolute Gasteiger partial charge is 0.244 e. The molecule has 0 amide bonds. The summed E-state index contributed by atoms with van der Waals surface area (Å²) in [6.45, 7) is 4.07. The van der Waals surface area contributed by atoms with Gasteiger partial charge in [0.1, 0.15) is 11.5 Å². The fraction of sp³-hybridized carbons (Fsp3) is 0.429. The zero-order valence-corrected chi connectivity index (χ0v) is 19.6. The first-order chi connectivity index (χ1) is 14.3. The molecular formula is C21H27NO6S2.